The third-order valence-electron chi connectivity index (χ3n) is 4.41. The summed E-state index contributed by atoms with van der Waals surface area (Å²) in [6.45, 7) is 2.86. The van der Waals surface area contributed by atoms with E-state index in [1.165, 1.54) is 23.5 Å². The molecule has 4 rings (SSSR count). The van der Waals surface area contributed by atoms with E-state index in [1.54, 1.807) is 35.8 Å². The molecule has 0 N–H and O–H groups in total. The summed E-state index contributed by atoms with van der Waals surface area (Å²) in [6.07, 6.45) is 1.59. The van der Waals surface area contributed by atoms with Crippen LogP contribution in [-0.2, 0) is 15.6 Å². The second-order valence-corrected chi connectivity index (χ2v) is 9.21. The molecule has 0 bridgehead atoms. The van der Waals surface area contributed by atoms with Crippen molar-refractivity contribution in [3.8, 4) is 5.75 Å². The summed E-state index contributed by atoms with van der Waals surface area (Å²) in [4.78, 5) is 6.19. The Morgan fingerprint density at radius 2 is 2.07 bits per heavy atom. The molecule has 1 aliphatic heterocycles. The van der Waals surface area contributed by atoms with Crippen LogP contribution in [0.4, 0.5) is 15.8 Å². The van der Waals surface area contributed by atoms with Crippen molar-refractivity contribution >= 4 is 32.5 Å². The van der Waals surface area contributed by atoms with Gasteiger partial charge in [-0.25, -0.2) is 17.8 Å². The highest BCUT2D eigenvalue weighted by Gasteiger charge is 2.25. The Morgan fingerprint density at radius 1 is 1.22 bits per heavy atom. The van der Waals surface area contributed by atoms with Gasteiger partial charge in [0.2, 0.25) is 0 Å². The highest BCUT2D eigenvalue weighted by molar-refractivity contribution is 7.90. The van der Waals surface area contributed by atoms with Gasteiger partial charge < -0.3 is 9.64 Å². The number of thiazole rings is 1. The van der Waals surface area contributed by atoms with Gasteiger partial charge in [-0.3, -0.25) is 0 Å². The topological polar surface area (TPSA) is 59.5 Å². The Morgan fingerprint density at radius 3 is 2.85 bits per heavy atom. The Kier molecular flexibility index (Phi) is 4.61. The van der Waals surface area contributed by atoms with Gasteiger partial charge in [-0.05, 0) is 36.8 Å². The van der Waals surface area contributed by atoms with Gasteiger partial charge in [-0.2, -0.15) is 0 Å². The van der Waals surface area contributed by atoms with Crippen LogP contribution >= 0.6 is 11.3 Å². The normalized spacial score (nSPS) is 13.9. The molecule has 140 valence electrons. The van der Waals surface area contributed by atoms with E-state index in [0.29, 0.717) is 23.9 Å². The average molecular weight is 404 g/mol. The third-order valence-corrected chi connectivity index (χ3v) is 7.00. The van der Waals surface area contributed by atoms with E-state index in [2.05, 4.69) is 4.98 Å². The van der Waals surface area contributed by atoms with Crippen LogP contribution in [0.15, 0.2) is 52.9 Å². The van der Waals surface area contributed by atoms with Crippen molar-refractivity contribution < 1.29 is 17.5 Å². The second-order valence-electron chi connectivity index (χ2n) is 6.25. The first-order valence-electron chi connectivity index (χ1n) is 8.36. The van der Waals surface area contributed by atoms with Crippen molar-refractivity contribution in [3.05, 3.63) is 64.4 Å². The van der Waals surface area contributed by atoms with Gasteiger partial charge in [0.25, 0.3) is 0 Å². The first kappa shape index (κ1) is 17.9. The summed E-state index contributed by atoms with van der Waals surface area (Å²) in [7, 11) is -3.52. The molecule has 0 aliphatic carbocycles. The van der Waals surface area contributed by atoms with Crippen LogP contribution in [0.25, 0.3) is 0 Å². The maximum Gasteiger partial charge on any atom is 0.185 e. The summed E-state index contributed by atoms with van der Waals surface area (Å²) in [5.41, 5.74) is 2.41. The van der Waals surface area contributed by atoms with Gasteiger partial charge in [-0.15, -0.1) is 11.3 Å². The van der Waals surface area contributed by atoms with Crippen LogP contribution in [-0.4, -0.2) is 26.6 Å². The number of aromatic nitrogens is 1. The molecule has 0 saturated carbocycles. The number of ether oxygens (including phenoxy) is 1. The predicted octanol–water partition coefficient (Wildman–Crippen LogP) is 4.10. The molecule has 0 spiro atoms. The number of hydrogen-bond donors (Lipinski definition) is 0. The lowest BCUT2D eigenvalue weighted by Gasteiger charge is -2.32. The van der Waals surface area contributed by atoms with Gasteiger partial charge in [0.05, 0.1) is 17.1 Å². The lowest BCUT2D eigenvalue weighted by molar-refractivity contribution is 0.313. The first-order valence-corrected chi connectivity index (χ1v) is 10.9. The minimum atomic E-state index is -3.52. The largest absolute Gasteiger partial charge is 0.489 e. The fraction of sp³-hybridized carbons (Fsp3) is 0.211. The average Bonchev–Trinajstić information content (AvgIpc) is 3.15. The molecule has 0 fully saturated rings. The fourth-order valence-electron chi connectivity index (χ4n) is 3.09. The molecule has 27 heavy (non-hydrogen) atoms. The number of hydrogen-bond acceptors (Lipinski definition) is 6. The number of sulfone groups is 1. The minimum Gasteiger partial charge on any atom is -0.489 e. The van der Waals surface area contributed by atoms with E-state index < -0.39 is 9.84 Å². The molecule has 8 heteroatoms. The highest BCUT2D eigenvalue weighted by Crippen LogP contribution is 2.39. The van der Waals surface area contributed by atoms with E-state index in [0.717, 1.165) is 16.9 Å². The first-order chi connectivity index (χ1) is 12.9. The van der Waals surface area contributed by atoms with Gasteiger partial charge in [0, 0.05) is 23.3 Å². The number of aryl methyl sites for hydroxylation is 1. The fourth-order valence-corrected chi connectivity index (χ4v) is 5.35. The molecule has 0 atom stereocenters. The number of halogens is 1. The summed E-state index contributed by atoms with van der Waals surface area (Å²) >= 11 is 1.31. The van der Waals surface area contributed by atoms with Crippen molar-refractivity contribution in [1.82, 2.24) is 4.98 Å². The lowest BCUT2D eigenvalue weighted by Crippen LogP contribution is -2.29. The van der Waals surface area contributed by atoms with Crippen molar-refractivity contribution in [1.29, 1.82) is 0 Å². The van der Waals surface area contributed by atoms with Gasteiger partial charge in [0.1, 0.15) is 28.9 Å². The molecule has 0 amide bonds. The zero-order chi connectivity index (χ0) is 19.0. The van der Waals surface area contributed by atoms with Gasteiger partial charge >= 0.3 is 0 Å². The van der Waals surface area contributed by atoms with E-state index in [9.17, 15) is 12.8 Å². The third kappa shape index (κ3) is 3.54. The Labute approximate surface area is 161 Å². The SMILES string of the molecule is Cc1ccc(F)cc1N1CCOc2cc(S(=O)(=O)Cc3nccs3)ccc21. The molecule has 3 aromatic rings. The smallest absolute Gasteiger partial charge is 0.185 e. The van der Waals surface area contributed by atoms with E-state index >= 15 is 0 Å². The van der Waals surface area contributed by atoms with Crippen LogP contribution in [0.1, 0.15) is 10.6 Å². The number of rotatable bonds is 4. The highest BCUT2D eigenvalue weighted by atomic mass is 32.2. The molecular formula is C19H17FN2O3S2. The molecule has 0 unspecified atom stereocenters. The van der Waals surface area contributed by atoms with Crippen LogP contribution in [0, 0.1) is 12.7 Å². The standard InChI is InChI=1S/C19H17FN2O3S2/c1-13-2-3-14(20)10-17(13)22-7-8-25-18-11-15(4-5-16(18)22)27(23,24)12-19-21-6-9-26-19/h2-6,9-11H,7-8,12H2,1H3. The van der Waals surface area contributed by atoms with E-state index in [-0.39, 0.29) is 16.5 Å². The number of benzene rings is 2. The Balaban J connectivity index is 1.71. The van der Waals surface area contributed by atoms with Crippen LogP contribution in [0.5, 0.6) is 5.75 Å². The Bertz CT molecular complexity index is 1080. The second kappa shape index (κ2) is 6.94. The van der Waals surface area contributed by atoms with Gasteiger partial charge in [-0.1, -0.05) is 6.07 Å². The van der Waals surface area contributed by atoms with Crippen LogP contribution < -0.4 is 9.64 Å². The van der Waals surface area contributed by atoms with E-state index in [1.807, 2.05) is 11.8 Å². The van der Waals surface area contributed by atoms with Crippen LogP contribution in [0.3, 0.4) is 0 Å². The van der Waals surface area contributed by atoms with Crippen molar-refractivity contribution in [2.45, 2.75) is 17.6 Å². The summed E-state index contributed by atoms with van der Waals surface area (Å²) in [6, 6.07) is 9.46. The minimum absolute atomic E-state index is 0.143. The summed E-state index contributed by atoms with van der Waals surface area (Å²) in [5, 5.41) is 2.30. The zero-order valence-corrected chi connectivity index (χ0v) is 16.2. The van der Waals surface area contributed by atoms with Crippen LogP contribution in [0.2, 0.25) is 0 Å². The molecule has 0 saturated heterocycles. The summed E-state index contributed by atoms with van der Waals surface area (Å²) in [5.74, 6) is 0.0207. The maximum atomic E-state index is 13.7. The number of fused-ring (bicyclic) bond motifs is 1. The molecule has 2 aromatic carbocycles. The molecule has 1 aromatic heterocycles. The number of nitrogens with zero attached hydrogens (tertiary/aromatic N) is 2. The zero-order valence-electron chi connectivity index (χ0n) is 14.6. The molecule has 2 heterocycles. The lowest BCUT2D eigenvalue weighted by atomic mass is 10.1. The van der Waals surface area contributed by atoms with Gasteiger partial charge in [0.15, 0.2) is 9.84 Å². The van der Waals surface area contributed by atoms with Crippen molar-refractivity contribution in [3.63, 3.8) is 0 Å². The van der Waals surface area contributed by atoms with E-state index in [4.69, 9.17) is 4.74 Å². The Hall–Kier alpha value is -2.45. The predicted molar refractivity (Wildman–Crippen MR) is 103 cm³/mol. The quantitative estimate of drug-likeness (QED) is 0.655. The van der Waals surface area contributed by atoms with Crippen molar-refractivity contribution in [2.75, 3.05) is 18.1 Å². The molecule has 1 aliphatic rings. The molecule has 5 nitrogen and oxygen atoms in total. The van der Waals surface area contributed by atoms with Crippen molar-refractivity contribution in [2.24, 2.45) is 0 Å². The maximum absolute atomic E-state index is 13.7. The summed E-state index contributed by atoms with van der Waals surface area (Å²) < 4.78 is 44.8. The number of anilines is 2. The molecule has 0 radical (unpaired) electrons. The monoisotopic (exact) mass is 404 g/mol. The molecular weight excluding hydrogens is 387 g/mol.